The largest absolute Gasteiger partial charge is 0.278 e. The highest BCUT2D eigenvalue weighted by atomic mass is 79.9. The maximum atomic E-state index is 13.5. The van der Waals surface area contributed by atoms with Gasteiger partial charge >= 0.3 is 0 Å². The molecule has 2 aromatic carbocycles. The highest BCUT2D eigenvalue weighted by molar-refractivity contribution is 9.10. The summed E-state index contributed by atoms with van der Waals surface area (Å²) < 4.78 is 53.0. The van der Waals surface area contributed by atoms with Gasteiger partial charge in [-0.25, -0.2) is 17.2 Å². The Morgan fingerprint density at radius 1 is 1.10 bits per heavy atom. The van der Waals surface area contributed by atoms with E-state index in [0.29, 0.717) is 15.6 Å². The Balaban J connectivity index is 2.41. The lowest BCUT2D eigenvalue weighted by Crippen LogP contribution is -2.15. The van der Waals surface area contributed by atoms with Gasteiger partial charge in [-0.15, -0.1) is 0 Å². The molecule has 8 heteroatoms. The van der Waals surface area contributed by atoms with Crippen LogP contribution in [0.2, 0.25) is 5.02 Å². The number of sulfonamides is 1. The third-order valence-electron chi connectivity index (χ3n) is 2.36. The molecule has 0 fully saturated rings. The molecule has 106 valence electrons. The van der Waals surface area contributed by atoms with Crippen LogP contribution in [0.1, 0.15) is 0 Å². The van der Waals surface area contributed by atoms with Crippen LogP contribution in [0.5, 0.6) is 0 Å². The quantitative estimate of drug-likeness (QED) is 0.865. The Morgan fingerprint density at radius 2 is 1.80 bits per heavy atom. The Kier molecular flexibility index (Phi) is 4.31. The summed E-state index contributed by atoms with van der Waals surface area (Å²) in [7, 11) is -4.16. The molecule has 0 unspecified atom stereocenters. The number of hydrogen-bond donors (Lipinski definition) is 1. The topological polar surface area (TPSA) is 46.2 Å². The van der Waals surface area contributed by atoms with Crippen LogP contribution in [0, 0.1) is 11.6 Å². The lowest BCUT2D eigenvalue weighted by atomic mass is 10.3. The maximum absolute atomic E-state index is 13.5. The van der Waals surface area contributed by atoms with Crippen LogP contribution in [0.4, 0.5) is 14.5 Å². The molecule has 0 amide bonds. The zero-order valence-electron chi connectivity index (χ0n) is 9.70. The van der Waals surface area contributed by atoms with Crippen LogP contribution in [-0.4, -0.2) is 8.42 Å². The van der Waals surface area contributed by atoms with Gasteiger partial charge in [-0.2, -0.15) is 0 Å². The molecule has 2 aromatic rings. The highest BCUT2D eigenvalue weighted by Crippen LogP contribution is 2.28. The van der Waals surface area contributed by atoms with Crippen LogP contribution in [0.25, 0.3) is 0 Å². The molecule has 0 saturated heterocycles. The molecule has 0 heterocycles. The van der Waals surface area contributed by atoms with E-state index in [1.807, 2.05) is 0 Å². The van der Waals surface area contributed by atoms with Crippen molar-refractivity contribution in [3.63, 3.8) is 0 Å². The second kappa shape index (κ2) is 5.67. The van der Waals surface area contributed by atoms with Gasteiger partial charge in [0, 0.05) is 15.6 Å². The molecule has 0 bridgehead atoms. The van der Waals surface area contributed by atoms with Crippen molar-refractivity contribution >= 4 is 43.2 Å². The lowest BCUT2D eigenvalue weighted by Gasteiger charge is -2.10. The fraction of sp³-hybridized carbons (Fsp3) is 0. The van der Waals surface area contributed by atoms with Crippen LogP contribution in [0.15, 0.2) is 45.8 Å². The summed E-state index contributed by atoms with van der Waals surface area (Å²) in [6.45, 7) is 0. The molecule has 0 radical (unpaired) electrons. The summed E-state index contributed by atoms with van der Waals surface area (Å²) >= 11 is 8.88. The van der Waals surface area contributed by atoms with E-state index in [2.05, 4.69) is 20.7 Å². The second-order valence-electron chi connectivity index (χ2n) is 3.80. The second-order valence-corrected chi connectivity index (χ2v) is 6.75. The number of anilines is 1. The van der Waals surface area contributed by atoms with Gasteiger partial charge in [0.1, 0.15) is 16.5 Å². The van der Waals surface area contributed by atoms with Gasteiger partial charge in [0.2, 0.25) is 0 Å². The standard InChI is InChI=1S/C12H7BrClF2NO2S/c13-9-5-7(14)1-3-11(9)17-20(18,19)12-4-2-8(15)6-10(12)16/h1-6,17H. The minimum Gasteiger partial charge on any atom is -0.278 e. The third kappa shape index (κ3) is 3.28. The summed E-state index contributed by atoms with van der Waals surface area (Å²) in [4.78, 5) is -0.638. The normalized spacial score (nSPS) is 11.4. The Bertz CT molecular complexity index is 768. The Hall–Kier alpha value is -1.18. The zero-order valence-corrected chi connectivity index (χ0v) is 12.9. The molecular formula is C12H7BrClF2NO2S. The predicted octanol–water partition coefficient (Wildman–Crippen LogP) is 4.18. The lowest BCUT2D eigenvalue weighted by molar-refractivity contribution is 0.551. The molecule has 3 nitrogen and oxygen atoms in total. The van der Waals surface area contributed by atoms with Crippen molar-refractivity contribution in [1.82, 2.24) is 0 Å². The smallest absolute Gasteiger partial charge is 0.264 e. The molecule has 0 aliphatic carbocycles. The van der Waals surface area contributed by atoms with Crippen LogP contribution < -0.4 is 4.72 Å². The molecule has 0 aliphatic rings. The zero-order chi connectivity index (χ0) is 14.9. The average Bonchev–Trinajstić information content (AvgIpc) is 2.32. The van der Waals surface area contributed by atoms with E-state index < -0.39 is 26.6 Å². The van der Waals surface area contributed by atoms with Crippen molar-refractivity contribution in [2.24, 2.45) is 0 Å². The molecular weight excluding hydrogens is 376 g/mol. The van der Waals surface area contributed by atoms with E-state index >= 15 is 0 Å². The first-order chi connectivity index (χ1) is 9.29. The van der Waals surface area contributed by atoms with Gasteiger partial charge in [-0.3, -0.25) is 4.72 Å². The molecule has 1 N–H and O–H groups in total. The van der Waals surface area contributed by atoms with Gasteiger partial charge in [-0.1, -0.05) is 11.6 Å². The van der Waals surface area contributed by atoms with Gasteiger partial charge < -0.3 is 0 Å². The van der Waals surface area contributed by atoms with Crippen molar-refractivity contribution < 1.29 is 17.2 Å². The molecule has 0 saturated carbocycles. The first kappa shape index (κ1) is 15.2. The number of nitrogens with one attached hydrogen (secondary N) is 1. The highest BCUT2D eigenvalue weighted by Gasteiger charge is 2.20. The number of rotatable bonds is 3. The van der Waals surface area contributed by atoms with Gasteiger partial charge in [0.25, 0.3) is 10.0 Å². The molecule has 2 rings (SSSR count). The van der Waals surface area contributed by atoms with Gasteiger partial charge in [0.15, 0.2) is 0 Å². The molecule has 20 heavy (non-hydrogen) atoms. The van der Waals surface area contributed by atoms with E-state index in [9.17, 15) is 17.2 Å². The predicted molar refractivity (Wildman–Crippen MR) is 76.3 cm³/mol. The van der Waals surface area contributed by atoms with Crippen LogP contribution in [0.3, 0.4) is 0 Å². The van der Waals surface area contributed by atoms with Crippen molar-refractivity contribution in [2.75, 3.05) is 4.72 Å². The van der Waals surface area contributed by atoms with Crippen molar-refractivity contribution in [1.29, 1.82) is 0 Å². The minimum absolute atomic E-state index is 0.193. The Morgan fingerprint density at radius 3 is 2.40 bits per heavy atom. The summed E-state index contributed by atoms with van der Waals surface area (Å²) in [6.07, 6.45) is 0. The molecule has 0 spiro atoms. The van der Waals surface area contributed by atoms with E-state index in [1.165, 1.54) is 18.2 Å². The van der Waals surface area contributed by atoms with Crippen LogP contribution >= 0.6 is 27.5 Å². The molecule has 0 aliphatic heterocycles. The van der Waals surface area contributed by atoms with Gasteiger partial charge in [-0.05, 0) is 46.3 Å². The van der Waals surface area contributed by atoms with Crippen molar-refractivity contribution in [3.8, 4) is 0 Å². The number of hydrogen-bond acceptors (Lipinski definition) is 2. The number of halogens is 4. The first-order valence-electron chi connectivity index (χ1n) is 5.22. The first-order valence-corrected chi connectivity index (χ1v) is 7.88. The van der Waals surface area contributed by atoms with E-state index in [4.69, 9.17) is 11.6 Å². The van der Waals surface area contributed by atoms with Gasteiger partial charge in [0.05, 0.1) is 5.69 Å². The summed E-state index contributed by atoms with van der Waals surface area (Å²) in [5, 5.41) is 0.410. The number of benzene rings is 2. The maximum Gasteiger partial charge on any atom is 0.264 e. The summed E-state index contributed by atoms with van der Waals surface area (Å²) in [5.41, 5.74) is 0.193. The SMILES string of the molecule is O=S(=O)(Nc1ccc(Cl)cc1Br)c1ccc(F)cc1F. The van der Waals surface area contributed by atoms with E-state index in [1.54, 1.807) is 0 Å². The summed E-state index contributed by atoms with van der Waals surface area (Å²) in [5.74, 6) is -2.02. The van der Waals surface area contributed by atoms with Crippen molar-refractivity contribution in [3.05, 3.63) is 57.5 Å². The molecule has 0 atom stereocenters. The molecule has 0 aromatic heterocycles. The fourth-order valence-electron chi connectivity index (χ4n) is 1.47. The third-order valence-corrected chi connectivity index (χ3v) is 4.65. The van der Waals surface area contributed by atoms with Crippen molar-refractivity contribution in [2.45, 2.75) is 4.90 Å². The fourth-order valence-corrected chi connectivity index (χ4v) is 3.52. The Labute approximate surface area is 127 Å². The van der Waals surface area contributed by atoms with E-state index in [0.717, 1.165) is 12.1 Å². The van der Waals surface area contributed by atoms with Crippen LogP contribution in [-0.2, 0) is 10.0 Å². The summed E-state index contributed by atoms with van der Waals surface area (Å²) in [6, 6.07) is 6.62. The monoisotopic (exact) mass is 381 g/mol. The average molecular weight is 383 g/mol. The minimum atomic E-state index is -4.16. The van der Waals surface area contributed by atoms with E-state index in [-0.39, 0.29) is 5.69 Å².